The highest BCUT2D eigenvalue weighted by Crippen LogP contribution is 2.43. The number of aromatic nitrogens is 4. The predicted octanol–water partition coefficient (Wildman–Crippen LogP) is 4.73. The molecule has 5 rings (SSSR count). The number of pyridine rings is 1. The number of carbonyl (C=O) groups is 1. The Morgan fingerprint density at radius 3 is 2.84 bits per heavy atom. The van der Waals surface area contributed by atoms with E-state index in [1.807, 2.05) is 10.6 Å². The number of aromatic amines is 1. The molecule has 0 unspecified atom stereocenters. The summed E-state index contributed by atoms with van der Waals surface area (Å²) in [6.45, 7) is 2.73. The van der Waals surface area contributed by atoms with E-state index in [0.717, 1.165) is 5.39 Å². The highest BCUT2D eigenvalue weighted by molar-refractivity contribution is 5.94. The van der Waals surface area contributed by atoms with Crippen molar-refractivity contribution >= 4 is 28.0 Å². The molecule has 1 aromatic carbocycles. The number of nitrogens with one attached hydrogen (secondary N) is 1. The topological polar surface area (TPSA) is 93.0 Å². The van der Waals surface area contributed by atoms with Gasteiger partial charge in [-0.25, -0.2) is 13.8 Å². The van der Waals surface area contributed by atoms with Gasteiger partial charge < -0.3 is 14.4 Å². The van der Waals surface area contributed by atoms with Crippen LogP contribution in [0.4, 0.5) is 8.78 Å². The maximum absolute atomic E-state index is 15.6. The Kier molecular flexibility index (Phi) is 5.13. The van der Waals surface area contributed by atoms with Crippen molar-refractivity contribution in [1.82, 2.24) is 19.7 Å². The minimum Gasteiger partial charge on any atom is -0.481 e. The summed E-state index contributed by atoms with van der Waals surface area (Å²) in [5.74, 6) is -1.61. The molecule has 0 radical (unpaired) electrons. The Bertz CT molecular complexity index is 1320. The van der Waals surface area contributed by atoms with Crippen LogP contribution in [0.2, 0.25) is 0 Å². The zero-order valence-corrected chi connectivity index (χ0v) is 17.4. The number of carboxylic acid groups (broad SMARTS) is 1. The van der Waals surface area contributed by atoms with E-state index in [1.165, 1.54) is 6.07 Å². The van der Waals surface area contributed by atoms with Crippen molar-refractivity contribution in [1.29, 1.82) is 0 Å². The van der Waals surface area contributed by atoms with Crippen molar-refractivity contribution in [3.05, 3.63) is 53.1 Å². The van der Waals surface area contributed by atoms with Gasteiger partial charge in [0, 0.05) is 41.5 Å². The molecular weight excluding hydrogens is 418 g/mol. The fraction of sp³-hybridized carbons (Fsp3) is 0.348. The number of alkyl halides is 1. The Morgan fingerprint density at radius 1 is 1.34 bits per heavy atom. The summed E-state index contributed by atoms with van der Waals surface area (Å²) in [6.07, 6.45) is 0.558. The van der Waals surface area contributed by atoms with Crippen LogP contribution in [0.1, 0.15) is 48.2 Å². The molecule has 2 N–H and O–H groups in total. The molecule has 32 heavy (non-hydrogen) atoms. The van der Waals surface area contributed by atoms with Gasteiger partial charge in [-0.3, -0.25) is 9.89 Å². The largest absolute Gasteiger partial charge is 0.481 e. The highest BCUT2D eigenvalue weighted by Gasteiger charge is 2.33. The molecule has 166 valence electrons. The molecule has 4 heterocycles. The fourth-order valence-electron chi connectivity index (χ4n) is 4.59. The van der Waals surface area contributed by atoms with Gasteiger partial charge >= 0.3 is 5.97 Å². The number of H-pyrrole nitrogens is 1. The van der Waals surface area contributed by atoms with Crippen molar-refractivity contribution in [2.24, 2.45) is 0 Å². The van der Waals surface area contributed by atoms with Gasteiger partial charge in [0.15, 0.2) is 5.65 Å². The third-order valence-corrected chi connectivity index (χ3v) is 6.09. The van der Waals surface area contributed by atoms with Crippen molar-refractivity contribution in [3.8, 4) is 5.69 Å². The van der Waals surface area contributed by atoms with Crippen LogP contribution < -0.4 is 0 Å². The van der Waals surface area contributed by atoms with Gasteiger partial charge in [0.05, 0.1) is 23.7 Å². The van der Waals surface area contributed by atoms with Gasteiger partial charge in [-0.05, 0) is 49.6 Å². The van der Waals surface area contributed by atoms with E-state index in [1.54, 1.807) is 25.3 Å². The Morgan fingerprint density at radius 2 is 2.12 bits per heavy atom. The van der Waals surface area contributed by atoms with Crippen LogP contribution in [-0.4, -0.2) is 44.0 Å². The molecule has 1 atom stereocenters. The first-order valence-corrected chi connectivity index (χ1v) is 10.5. The maximum atomic E-state index is 15.6. The van der Waals surface area contributed by atoms with Crippen molar-refractivity contribution in [2.75, 3.05) is 13.2 Å². The minimum atomic E-state index is -1.75. The van der Waals surface area contributed by atoms with Crippen LogP contribution in [0, 0.1) is 12.7 Å². The van der Waals surface area contributed by atoms with Crippen LogP contribution in [0.5, 0.6) is 0 Å². The molecule has 0 bridgehead atoms. The molecule has 1 fully saturated rings. The summed E-state index contributed by atoms with van der Waals surface area (Å²) in [6, 6.07) is 6.61. The van der Waals surface area contributed by atoms with E-state index in [2.05, 4.69) is 15.2 Å². The van der Waals surface area contributed by atoms with Gasteiger partial charge in [0.1, 0.15) is 12.0 Å². The second-order valence-corrected chi connectivity index (χ2v) is 8.18. The van der Waals surface area contributed by atoms with Gasteiger partial charge in [-0.1, -0.05) is 0 Å². The fourth-order valence-corrected chi connectivity index (χ4v) is 4.59. The number of fused-ring (bicyclic) bond motifs is 2. The Labute approximate surface area is 182 Å². The van der Waals surface area contributed by atoms with Crippen molar-refractivity contribution in [2.45, 2.75) is 38.3 Å². The van der Waals surface area contributed by atoms with Gasteiger partial charge in [-0.15, -0.1) is 0 Å². The first-order chi connectivity index (χ1) is 15.4. The molecule has 1 aliphatic heterocycles. The third kappa shape index (κ3) is 3.42. The first kappa shape index (κ1) is 20.6. The van der Waals surface area contributed by atoms with E-state index in [0.29, 0.717) is 59.7 Å². The number of ether oxygens (including phenoxy) is 1. The summed E-state index contributed by atoms with van der Waals surface area (Å²) < 4.78 is 37.0. The van der Waals surface area contributed by atoms with Crippen LogP contribution in [0.15, 0.2) is 30.5 Å². The number of nitrogens with zero attached hydrogens (tertiary/aromatic N) is 3. The normalized spacial score (nSPS) is 16.1. The lowest BCUT2D eigenvalue weighted by molar-refractivity contribution is -0.138. The lowest BCUT2D eigenvalue weighted by Crippen LogP contribution is -2.19. The molecule has 0 aliphatic carbocycles. The minimum absolute atomic E-state index is 0.0539. The van der Waals surface area contributed by atoms with E-state index >= 15 is 4.39 Å². The van der Waals surface area contributed by atoms with Gasteiger partial charge in [0.25, 0.3) is 0 Å². The first-order valence-electron chi connectivity index (χ1n) is 10.5. The second kappa shape index (κ2) is 7.98. The van der Waals surface area contributed by atoms with E-state index in [4.69, 9.17) is 4.74 Å². The molecule has 9 heteroatoms. The summed E-state index contributed by atoms with van der Waals surface area (Å²) in [5.41, 5.74) is 3.60. The van der Waals surface area contributed by atoms with Crippen molar-refractivity contribution < 1.29 is 23.4 Å². The predicted molar refractivity (Wildman–Crippen MR) is 114 cm³/mol. The number of rotatable bonds is 5. The SMILES string of the molecule is Cc1cc(-n2c(C3CCOCC3)c([C@@H](F)CC(=O)O)c3nc4[nH]ncc4cc32)ccc1F. The number of benzene rings is 1. The quantitative estimate of drug-likeness (QED) is 0.468. The van der Waals surface area contributed by atoms with Gasteiger partial charge in [0.2, 0.25) is 0 Å². The molecule has 4 aromatic rings. The maximum Gasteiger partial charge on any atom is 0.306 e. The molecule has 1 aliphatic rings. The zero-order chi connectivity index (χ0) is 22.4. The molecular formula is C23H22F2N4O3. The zero-order valence-electron chi connectivity index (χ0n) is 17.4. The molecule has 7 nitrogen and oxygen atoms in total. The second-order valence-electron chi connectivity index (χ2n) is 8.18. The average molecular weight is 440 g/mol. The van der Waals surface area contributed by atoms with Crippen molar-refractivity contribution in [3.63, 3.8) is 0 Å². The van der Waals surface area contributed by atoms with Crippen LogP contribution in [0.25, 0.3) is 27.8 Å². The molecule has 0 amide bonds. The summed E-state index contributed by atoms with van der Waals surface area (Å²) in [5, 5.41) is 16.9. The van der Waals surface area contributed by atoms with E-state index in [9.17, 15) is 14.3 Å². The third-order valence-electron chi connectivity index (χ3n) is 6.09. The van der Waals surface area contributed by atoms with E-state index < -0.39 is 18.6 Å². The number of aliphatic carboxylic acids is 1. The summed E-state index contributed by atoms with van der Waals surface area (Å²) >= 11 is 0. The van der Waals surface area contributed by atoms with Crippen LogP contribution in [-0.2, 0) is 9.53 Å². The molecule has 3 aromatic heterocycles. The molecule has 1 saturated heterocycles. The summed E-state index contributed by atoms with van der Waals surface area (Å²) in [4.78, 5) is 16.0. The summed E-state index contributed by atoms with van der Waals surface area (Å²) in [7, 11) is 0. The average Bonchev–Trinajstić information content (AvgIpc) is 3.36. The standard InChI is InChI=1S/C23H22F2N4O3/c1-12-8-15(2-3-16(12)24)29-18-9-14-11-26-28-23(14)27-21(18)20(17(25)10-19(30)31)22(29)13-4-6-32-7-5-13/h2-3,8-9,11,13,17H,4-7,10H2,1H3,(H,30,31)(H,26,27,28)/t17-/m0/s1. The lowest BCUT2D eigenvalue weighted by Gasteiger charge is -2.26. The number of hydrogen-bond donors (Lipinski definition) is 2. The Balaban J connectivity index is 1.87. The number of aryl methyl sites for hydroxylation is 1. The van der Waals surface area contributed by atoms with Crippen LogP contribution in [0.3, 0.4) is 0 Å². The monoisotopic (exact) mass is 440 g/mol. The molecule has 0 spiro atoms. The van der Waals surface area contributed by atoms with E-state index in [-0.39, 0.29) is 17.3 Å². The molecule has 0 saturated carbocycles. The number of halogens is 2. The lowest BCUT2D eigenvalue weighted by atomic mass is 9.91. The smallest absolute Gasteiger partial charge is 0.306 e. The number of carboxylic acids is 1. The van der Waals surface area contributed by atoms with Crippen LogP contribution >= 0.6 is 0 Å². The van der Waals surface area contributed by atoms with Gasteiger partial charge in [-0.2, -0.15) is 5.10 Å². The Hall–Kier alpha value is -3.33. The number of hydrogen-bond acceptors (Lipinski definition) is 4. The highest BCUT2D eigenvalue weighted by atomic mass is 19.1.